The van der Waals surface area contributed by atoms with Crippen LogP contribution < -0.4 is 4.74 Å². The Morgan fingerprint density at radius 1 is 1.23 bits per heavy atom. The van der Waals surface area contributed by atoms with Crippen molar-refractivity contribution in [2.24, 2.45) is 4.99 Å². The van der Waals surface area contributed by atoms with Gasteiger partial charge in [-0.05, 0) is 45.4 Å². The predicted molar refractivity (Wildman–Crippen MR) is 101 cm³/mol. The average Bonchev–Trinajstić information content (AvgIpc) is 2.89. The highest BCUT2D eigenvalue weighted by Gasteiger charge is 2.46. The third-order valence-corrected chi connectivity index (χ3v) is 5.31. The molecule has 6 nitrogen and oxygen atoms in total. The summed E-state index contributed by atoms with van der Waals surface area (Å²) in [7, 11) is 0. The monoisotopic (exact) mass is 374 g/mol. The molecular formula is C19H22N2O4S. The number of carbonyl (C=O) groups is 2. The fraction of sp³-hybridized carbons (Fsp3) is 0.421. The number of allylic oxidation sites excluding steroid dienone is 1. The van der Waals surface area contributed by atoms with Crippen LogP contribution in [0, 0.1) is 0 Å². The third-order valence-electron chi connectivity index (χ3n) is 4.26. The first-order valence-electron chi connectivity index (χ1n) is 8.67. The molecule has 2 aliphatic heterocycles. The van der Waals surface area contributed by atoms with Crippen LogP contribution in [-0.4, -0.2) is 40.4 Å². The van der Waals surface area contributed by atoms with Crippen LogP contribution in [0.4, 0.5) is 0 Å². The van der Waals surface area contributed by atoms with E-state index >= 15 is 0 Å². The zero-order valence-electron chi connectivity index (χ0n) is 15.3. The van der Waals surface area contributed by atoms with Gasteiger partial charge >= 0.3 is 5.97 Å². The van der Waals surface area contributed by atoms with Gasteiger partial charge in [0.15, 0.2) is 5.17 Å². The SMILES string of the molecule is CCOC(=O)C1=C(C)N=C2S[C@H](C)C(=O)N2[C@H]1c1ccc(OCC)cc1. The summed E-state index contributed by atoms with van der Waals surface area (Å²) in [5, 5.41) is 0.403. The molecule has 7 heteroatoms. The maximum Gasteiger partial charge on any atom is 0.338 e. The van der Waals surface area contributed by atoms with E-state index in [-0.39, 0.29) is 17.8 Å². The van der Waals surface area contributed by atoms with E-state index in [9.17, 15) is 9.59 Å². The van der Waals surface area contributed by atoms with Gasteiger partial charge in [-0.1, -0.05) is 23.9 Å². The third kappa shape index (κ3) is 3.23. The van der Waals surface area contributed by atoms with Crippen LogP contribution in [0.25, 0.3) is 0 Å². The standard InChI is InChI=1S/C19H22N2O4S/c1-5-24-14-9-7-13(8-10-14)16-15(18(23)25-6-2)11(3)20-19-21(16)17(22)12(4)26-19/h7-10,12,16H,5-6H2,1-4H3/t12-,16+/m1/s1. The summed E-state index contributed by atoms with van der Waals surface area (Å²) in [6.45, 7) is 8.15. The molecule has 1 saturated heterocycles. The Morgan fingerprint density at radius 3 is 2.54 bits per heavy atom. The molecule has 0 bridgehead atoms. The average molecular weight is 374 g/mol. The first kappa shape index (κ1) is 18.5. The van der Waals surface area contributed by atoms with E-state index < -0.39 is 12.0 Å². The maximum absolute atomic E-state index is 12.8. The Morgan fingerprint density at radius 2 is 1.92 bits per heavy atom. The number of fused-ring (bicyclic) bond motifs is 1. The molecule has 0 aromatic heterocycles. The molecule has 0 spiro atoms. The van der Waals surface area contributed by atoms with E-state index in [1.54, 1.807) is 18.7 Å². The highest BCUT2D eigenvalue weighted by Crippen LogP contribution is 2.43. The highest BCUT2D eigenvalue weighted by atomic mass is 32.2. The molecular weight excluding hydrogens is 352 g/mol. The van der Waals surface area contributed by atoms with Gasteiger partial charge in [-0.2, -0.15) is 0 Å². The second-order valence-electron chi connectivity index (χ2n) is 5.99. The van der Waals surface area contributed by atoms with Gasteiger partial charge in [0.05, 0.1) is 35.8 Å². The summed E-state index contributed by atoms with van der Waals surface area (Å²) in [6.07, 6.45) is 0. The van der Waals surface area contributed by atoms with Gasteiger partial charge in [-0.15, -0.1) is 0 Å². The van der Waals surface area contributed by atoms with Gasteiger partial charge in [0.2, 0.25) is 5.91 Å². The van der Waals surface area contributed by atoms with Crippen LogP contribution >= 0.6 is 11.8 Å². The van der Waals surface area contributed by atoms with Gasteiger partial charge in [-0.3, -0.25) is 9.69 Å². The van der Waals surface area contributed by atoms with Crippen LogP contribution in [0.15, 0.2) is 40.5 Å². The topological polar surface area (TPSA) is 68.2 Å². The van der Waals surface area contributed by atoms with E-state index in [1.807, 2.05) is 38.1 Å². The molecule has 1 aromatic carbocycles. The van der Waals surface area contributed by atoms with E-state index in [1.165, 1.54) is 11.8 Å². The first-order valence-corrected chi connectivity index (χ1v) is 9.54. The van der Waals surface area contributed by atoms with Crippen LogP contribution in [0.3, 0.4) is 0 Å². The number of esters is 1. The maximum atomic E-state index is 12.8. The van der Waals surface area contributed by atoms with Crippen LogP contribution in [0.1, 0.15) is 39.3 Å². The number of thioether (sulfide) groups is 1. The second-order valence-corrected chi connectivity index (χ2v) is 7.29. The molecule has 0 radical (unpaired) electrons. The number of aliphatic imine (C=N–C) groups is 1. The lowest BCUT2D eigenvalue weighted by Crippen LogP contribution is -2.40. The van der Waals surface area contributed by atoms with Crippen LogP contribution in [0.5, 0.6) is 5.75 Å². The molecule has 3 rings (SSSR count). The number of rotatable bonds is 5. The Kier molecular flexibility index (Phi) is 5.36. The number of benzene rings is 1. The molecule has 0 saturated carbocycles. The number of nitrogens with zero attached hydrogens (tertiary/aromatic N) is 2. The Hall–Kier alpha value is -2.28. The van der Waals surface area contributed by atoms with Crippen molar-refractivity contribution in [3.8, 4) is 5.75 Å². The lowest BCUT2D eigenvalue weighted by molar-refractivity contribution is -0.139. The molecule has 1 aromatic rings. The van der Waals surface area contributed by atoms with Crippen molar-refractivity contribution in [1.29, 1.82) is 0 Å². The fourth-order valence-electron chi connectivity index (χ4n) is 3.10. The summed E-state index contributed by atoms with van der Waals surface area (Å²) in [4.78, 5) is 31.5. The van der Waals surface area contributed by atoms with Crippen molar-refractivity contribution >= 4 is 28.8 Å². The van der Waals surface area contributed by atoms with Crippen molar-refractivity contribution in [1.82, 2.24) is 4.90 Å². The predicted octanol–water partition coefficient (Wildman–Crippen LogP) is 3.30. The zero-order valence-corrected chi connectivity index (χ0v) is 16.1. The summed E-state index contributed by atoms with van der Waals surface area (Å²) >= 11 is 1.41. The van der Waals surface area contributed by atoms with Crippen molar-refractivity contribution in [3.63, 3.8) is 0 Å². The molecule has 0 N–H and O–H groups in total. The lowest BCUT2D eigenvalue weighted by Gasteiger charge is -2.33. The summed E-state index contributed by atoms with van der Waals surface area (Å²) in [5.41, 5.74) is 1.82. The van der Waals surface area contributed by atoms with E-state index in [0.29, 0.717) is 23.0 Å². The number of carbonyl (C=O) groups excluding carboxylic acids is 2. The number of amides is 1. The van der Waals surface area contributed by atoms with Crippen molar-refractivity contribution in [2.45, 2.75) is 39.0 Å². The smallest absolute Gasteiger partial charge is 0.338 e. The fourth-order valence-corrected chi connectivity index (χ4v) is 4.13. The second kappa shape index (κ2) is 7.53. The first-order chi connectivity index (χ1) is 12.5. The molecule has 1 amide bonds. The van der Waals surface area contributed by atoms with Crippen molar-refractivity contribution < 1.29 is 19.1 Å². The van der Waals surface area contributed by atoms with Crippen molar-refractivity contribution in [3.05, 3.63) is 41.1 Å². The number of hydrogen-bond acceptors (Lipinski definition) is 6. The van der Waals surface area contributed by atoms with E-state index in [4.69, 9.17) is 9.47 Å². The quantitative estimate of drug-likeness (QED) is 0.740. The summed E-state index contributed by atoms with van der Waals surface area (Å²) in [5.74, 6) is 0.251. The number of hydrogen-bond donors (Lipinski definition) is 0. The molecule has 26 heavy (non-hydrogen) atoms. The van der Waals surface area contributed by atoms with E-state index in [2.05, 4.69) is 4.99 Å². The van der Waals surface area contributed by atoms with Crippen LogP contribution in [-0.2, 0) is 14.3 Å². The highest BCUT2D eigenvalue weighted by molar-refractivity contribution is 8.15. The Bertz CT molecular complexity index is 785. The van der Waals surface area contributed by atoms with E-state index in [0.717, 1.165) is 11.3 Å². The van der Waals surface area contributed by atoms with Crippen LogP contribution in [0.2, 0.25) is 0 Å². The lowest BCUT2D eigenvalue weighted by atomic mass is 9.94. The van der Waals surface area contributed by atoms with Gasteiger partial charge in [0, 0.05) is 0 Å². The van der Waals surface area contributed by atoms with Gasteiger partial charge < -0.3 is 9.47 Å². The largest absolute Gasteiger partial charge is 0.494 e. The Balaban J connectivity index is 2.08. The molecule has 2 heterocycles. The van der Waals surface area contributed by atoms with Gasteiger partial charge in [0.1, 0.15) is 5.75 Å². The summed E-state index contributed by atoms with van der Waals surface area (Å²) < 4.78 is 10.7. The zero-order chi connectivity index (χ0) is 18.8. The summed E-state index contributed by atoms with van der Waals surface area (Å²) in [6, 6.07) is 6.92. The number of amidine groups is 1. The molecule has 138 valence electrons. The minimum Gasteiger partial charge on any atom is -0.494 e. The molecule has 2 atom stereocenters. The minimum absolute atomic E-state index is 0.0538. The molecule has 2 aliphatic rings. The Labute approximate surface area is 157 Å². The molecule has 0 aliphatic carbocycles. The number of ether oxygens (including phenoxy) is 2. The molecule has 1 fully saturated rings. The van der Waals surface area contributed by atoms with Crippen molar-refractivity contribution in [2.75, 3.05) is 13.2 Å². The van der Waals surface area contributed by atoms with Gasteiger partial charge in [-0.25, -0.2) is 9.79 Å². The molecule has 0 unspecified atom stereocenters. The van der Waals surface area contributed by atoms with Gasteiger partial charge in [0.25, 0.3) is 0 Å². The minimum atomic E-state index is -0.540. The normalized spacial score (nSPS) is 22.2.